The Morgan fingerprint density at radius 1 is 1.25 bits per heavy atom. The molecule has 0 aromatic rings. The number of hydrogen-bond donors (Lipinski definition) is 0. The summed E-state index contributed by atoms with van der Waals surface area (Å²) in [5.74, 6) is 0. The molecular formula is CH4AlFeO-. The van der Waals surface area contributed by atoms with Gasteiger partial charge in [-0.3, -0.25) is 6.79 Å². The number of rotatable bonds is 0. The third-order valence-corrected chi connectivity index (χ3v) is 0. The zero-order chi connectivity index (χ0) is 2.00. The van der Waals surface area contributed by atoms with E-state index in [4.69, 9.17) is 4.79 Å². The SMILES string of the molecule is [AlH3].[CH-]=O.[Fe]. The van der Waals surface area contributed by atoms with Crippen LogP contribution in [-0.2, 0) is 21.9 Å². The Labute approximate surface area is 46.4 Å². The molecule has 0 aliphatic carbocycles. The van der Waals surface area contributed by atoms with Crippen LogP contribution >= 0.6 is 0 Å². The first-order chi connectivity index (χ1) is 1.00. The van der Waals surface area contributed by atoms with Gasteiger partial charge in [-0.05, 0) is 0 Å². The van der Waals surface area contributed by atoms with Crippen LogP contribution in [0.15, 0.2) is 0 Å². The molecule has 0 radical (unpaired) electrons. The molecule has 0 N–H and O–H groups in total. The fourth-order valence-electron chi connectivity index (χ4n) is 0. The van der Waals surface area contributed by atoms with Gasteiger partial charge in [-0.2, -0.15) is 0 Å². The zero-order valence-corrected chi connectivity index (χ0v) is 2.44. The number of carbonyl (C=O) groups excluding carboxylic acids is 1. The molecule has 0 saturated heterocycles. The van der Waals surface area contributed by atoms with Crippen molar-refractivity contribution in [3.8, 4) is 0 Å². The van der Waals surface area contributed by atoms with Gasteiger partial charge < -0.3 is 4.79 Å². The molecule has 0 unspecified atom stereocenters. The van der Waals surface area contributed by atoms with Crippen molar-refractivity contribution in [2.24, 2.45) is 0 Å². The molecule has 3 heteroatoms. The van der Waals surface area contributed by atoms with Gasteiger partial charge in [0, 0.05) is 17.1 Å². The zero-order valence-electron chi connectivity index (χ0n) is 1.34. The van der Waals surface area contributed by atoms with Crippen LogP contribution in [0, 0.1) is 0 Å². The maximum atomic E-state index is 7.75. The minimum atomic E-state index is 0. The molecule has 0 saturated carbocycles. The maximum absolute atomic E-state index is 7.75. The largest absolute Gasteiger partial charge is 0.545 e. The van der Waals surface area contributed by atoms with Crippen molar-refractivity contribution in [1.29, 1.82) is 0 Å². The monoisotopic (exact) mass is 115 g/mol. The van der Waals surface area contributed by atoms with Gasteiger partial charge >= 0.3 is 0 Å². The van der Waals surface area contributed by atoms with E-state index in [-0.39, 0.29) is 34.4 Å². The Morgan fingerprint density at radius 3 is 1.25 bits per heavy atom. The molecule has 0 spiro atoms. The van der Waals surface area contributed by atoms with E-state index in [9.17, 15) is 0 Å². The Morgan fingerprint density at radius 2 is 1.25 bits per heavy atom. The fraction of sp³-hybridized carbons (Fsp3) is 0. The molecule has 26 valence electrons. The predicted octanol–water partition coefficient (Wildman–Crippen LogP) is -1.46. The van der Waals surface area contributed by atoms with Crippen LogP contribution < -0.4 is 0 Å². The molecule has 0 amide bonds. The summed E-state index contributed by atoms with van der Waals surface area (Å²) in [6.45, 7) is 3.25. The minimum absolute atomic E-state index is 0. The summed E-state index contributed by atoms with van der Waals surface area (Å²) in [6, 6.07) is 0. The van der Waals surface area contributed by atoms with Gasteiger partial charge in [-0.25, -0.2) is 0 Å². The van der Waals surface area contributed by atoms with Gasteiger partial charge in [0.15, 0.2) is 17.4 Å². The van der Waals surface area contributed by atoms with Crippen LogP contribution in [0.25, 0.3) is 0 Å². The first kappa shape index (κ1) is 22.1. The van der Waals surface area contributed by atoms with Crippen LogP contribution in [0.2, 0.25) is 0 Å². The van der Waals surface area contributed by atoms with Crippen molar-refractivity contribution in [1.82, 2.24) is 0 Å². The second-order valence-corrected chi connectivity index (χ2v) is 0. The first-order valence-electron chi connectivity index (χ1n) is 0.236. The fourth-order valence-corrected chi connectivity index (χ4v) is 0. The molecule has 0 rings (SSSR count). The standard InChI is InChI=1S/CHO.Al.Fe.3H/c1-2;;;;;/h1H;;;;;/q-1;;;;;. The summed E-state index contributed by atoms with van der Waals surface area (Å²) in [4.78, 5) is 7.75. The molecule has 0 heterocycles. The van der Waals surface area contributed by atoms with E-state index in [0.29, 0.717) is 0 Å². The van der Waals surface area contributed by atoms with E-state index in [1.807, 2.05) is 0 Å². The summed E-state index contributed by atoms with van der Waals surface area (Å²) in [6.07, 6.45) is 0. The smallest absolute Gasteiger partial charge is 0.187 e. The molecule has 0 atom stereocenters. The van der Waals surface area contributed by atoms with E-state index < -0.39 is 0 Å². The summed E-state index contributed by atoms with van der Waals surface area (Å²) in [5, 5.41) is 0. The van der Waals surface area contributed by atoms with Crippen LogP contribution in [0.5, 0.6) is 0 Å². The van der Waals surface area contributed by atoms with E-state index in [1.165, 1.54) is 0 Å². The van der Waals surface area contributed by atoms with Crippen molar-refractivity contribution >= 4 is 24.2 Å². The van der Waals surface area contributed by atoms with Crippen LogP contribution in [0.3, 0.4) is 0 Å². The Bertz CT molecular complexity index is 8.00. The van der Waals surface area contributed by atoms with E-state index >= 15 is 0 Å². The second kappa shape index (κ2) is 52.9. The van der Waals surface area contributed by atoms with Gasteiger partial charge in [-0.15, -0.1) is 0 Å². The van der Waals surface area contributed by atoms with Gasteiger partial charge in [0.25, 0.3) is 0 Å². The normalized spacial score (nSPS) is 1.00. The van der Waals surface area contributed by atoms with Crippen molar-refractivity contribution < 1.29 is 21.9 Å². The summed E-state index contributed by atoms with van der Waals surface area (Å²) >= 11 is 0. The summed E-state index contributed by atoms with van der Waals surface area (Å²) in [5.41, 5.74) is 0. The van der Waals surface area contributed by atoms with E-state index in [0.717, 1.165) is 0 Å². The second-order valence-electron chi connectivity index (χ2n) is 0. The molecule has 0 aromatic heterocycles. The molecule has 0 bridgehead atoms. The average molecular weight is 115 g/mol. The van der Waals surface area contributed by atoms with Crippen molar-refractivity contribution in [2.45, 2.75) is 0 Å². The molecule has 0 aliphatic heterocycles. The summed E-state index contributed by atoms with van der Waals surface area (Å²) in [7, 11) is 0. The van der Waals surface area contributed by atoms with Crippen molar-refractivity contribution in [3.63, 3.8) is 0 Å². The Hall–Kier alpha value is 0.722. The molecule has 0 aromatic carbocycles. The quantitative estimate of drug-likeness (QED) is 0.214. The topological polar surface area (TPSA) is 17.1 Å². The van der Waals surface area contributed by atoms with Crippen LogP contribution in [0.1, 0.15) is 0 Å². The Balaban J connectivity index is -0.00000000500. The third-order valence-electron chi connectivity index (χ3n) is 0. The van der Waals surface area contributed by atoms with Crippen molar-refractivity contribution in [3.05, 3.63) is 0 Å². The van der Waals surface area contributed by atoms with Crippen LogP contribution in [-0.4, -0.2) is 24.2 Å². The molecular weight excluding hydrogens is 111 g/mol. The third kappa shape index (κ3) is 15.5. The van der Waals surface area contributed by atoms with E-state index in [2.05, 4.69) is 6.79 Å². The van der Waals surface area contributed by atoms with Crippen molar-refractivity contribution in [2.75, 3.05) is 0 Å². The first-order valence-corrected chi connectivity index (χ1v) is 0.236. The predicted molar refractivity (Wildman–Crippen MR) is 16.7 cm³/mol. The van der Waals surface area contributed by atoms with E-state index in [1.54, 1.807) is 0 Å². The molecule has 0 fully saturated rings. The van der Waals surface area contributed by atoms with Gasteiger partial charge in [0.2, 0.25) is 0 Å². The number of hydrogen-bond acceptors (Lipinski definition) is 1. The Kier molecular flexibility index (Phi) is 292. The van der Waals surface area contributed by atoms with Gasteiger partial charge in [0.05, 0.1) is 0 Å². The molecule has 4 heavy (non-hydrogen) atoms. The van der Waals surface area contributed by atoms with Gasteiger partial charge in [-0.1, -0.05) is 0 Å². The molecule has 1 nitrogen and oxygen atoms in total. The van der Waals surface area contributed by atoms with Crippen LogP contribution in [0.4, 0.5) is 0 Å². The summed E-state index contributed by atoms with van der Waals surface area (Å²) < 4.78 is 0. The average Bonchev–Trinajstić information content (AvgIpc) is 1.00. The molecule has 0 aliphatic rings. The maximum Gasteiger partial charge on any atom is 0.187 e. The van der Waals surface area contributed by atoms with Gasteiger partial charge in [0.1, 0.15) is 0 Å². The minimum Gasteiger partial charge on any atom is -0.545 e.